The van der Waals surface area contributed by atoms with Crippen LogP contribution in [0, 0.1) is 11.8 Å². The van der Waals surface area contributed by atoms with Crippen molar-refractivity contribution in [3.05, 3.63) is 66.2 Å². The van der Waals surface area contributed by atoms with Gasteiger partial charge < -0.3 is 10.4 Å². The van der Waals surface area contributed by atoms with Gasteiger partial charge in [0.05, 0.1) is 22.8 Å². The van der Waals surface area contributed by atoms with Crippen molar-refractivity contribution >= 4 is 25.8 Å². The Balaban J connectivity index is 2.31. The third kappa shape index (κ3) is 9.36. The van der Waals surface area contributed by atoms with Gasteiger partial charge in [-0.1, -0.05) is 69.3 Å². The van der Waals surface area contributed by atoms with E-state index in [2.05, 4.69) is 5.32 Å². The number of benzene rings is 2. The summed E-state index contributed by atoms with van der Waals surface area (Å²) in [6, 6.07) is 16.4. The van der Waals surface area contributed by atoms with E-state index in [1.54, 1.807) is 18.2 Å². The molecule has 2 aromatic carbocycles. The summed E-state index contributed by atoms with van der Waals surface area (Å²) in [7, 11) is -7.26. The van der Waals surface area contributed by atoms with E-state index in [0.29, 0.717) is 0 Å². The van der Waals surface area contributed by atoms with Crippen LogP contribution in [0.15, 0.2) is 65.6 Å². The van der Waals surface area contributed by atoms with Gasteiger partial charge in [0.1, 0.15) is 9.84 Å². The van der Waals surface area contributed by atoms with E-state index in [1.807, 2.05) is 44.2 Å². The van der Waals surface area contributed by atoms with Crippen LogP contribution >= 0.6 is 0 Å². The maximum Gasteiger partial charge on any atom is 0.243 e. The van der Waals surface area contributed by atoms with E-state index < -0.39 is 43.8 Å². The first-order chi connectivity index (χ1) is 16.3. The first-order valence-electron chi connectivity index (χ1n) is 11.5. The number of carbonyl (C=O) groups excluding carboxylic acids is 1. The van der Waals surface area contributed by atoms with Crippen LogP contribution in [0.3, 0.4) is 0 Å². The Kier molecular flexibility index (Phi) is 10.4. The normalized spacial score (nSPS) is 15.1. The van der Waals surface area contributed by atoms with Crippen LogP contribution in [0.2, 0.25) is 0 Å². The predicted molar refractivity (Wildman–Crippen MR) is 137 cm³/mol. The van der Waals surface area contributed by atoms with Crippen molar-refractivity contribution in [2.24, 2.45) is 11.8 Å². The largest absolute Gasteiger partial charge is 0.390 e. The lowest BCUT2D eigenvalue weighted by atomic mass is 10.00. The number of amides is 1. The molecule has 1 unspecified atom stereocenters. The number of hydrogen-bond acceptors (Lipinski definition) is 6. The molecule has 1 amide bonds. The molecule has 0 spiro atoms. The summed E-state index contributed by atoms with van der Waals surface area (Å²) < 4.78 is 51.2. The summed E-state index contributed by atoms with van der Waals surface area (Å²) in [5.41, 5.74) is 0.842. The summed E-state index contributed by atoms with van der Waals surface area (Å²) in [4.78, 5) is 12.9. The summed E-state index contributed by atoms with van der Waals surface area (Å²) in [6.07, 6.45) is 0.0766. The highest BCUT2D eigenvalue weighted by molar-refractivity contribution is 7.90. The monoisotopic (exact) mass is 524 g/mol. The summed E-state index contributed by atoms with van der Waals surface area (Å²) in [5, 5.41) is 14.0. The molecule has 35 heavy (non-hydrogen) atoms. The van der Waals surface area contributed by atoms with Crippen molar-refractivity contribution in [3.63, 3.8) is 0 Å². The molecule has 0 aliphatic heterocycles. The molecule has 0 bridgehead atoms. The molecule has 0 heterocycles. The Morgan fingerprint density at radius 1 is 0.914 bits per heavy atom. The maximum atomic E-state index is 13.3. The van der Waals surface area contributed by atoms with Gasteiger partial charge in [0, 0.05) is 25.3 Å². The Bertz CT molecular complexity index is 1150. The molecule has 0 aromatic heterocycles. The van der Waals surface area contributed by atoms with E-state index in [1.165, 1.54) is 23.4 Å². The number of aliphatic hydroxyl groups excluding tert-OH is 1. The van der Waals surface area contributed by atoms with Crippen LogP contribution < -0.4 is 5.32 Å². The summed E-state index contributed by atoms with van der Waals surface area (Å²) >= 11 is 0. The second kappa shape index (κ2) is 12.6. The lowest BCUT2D eigenvalue weighted by Crippen LogP contribution is -2.52. The second-order valence-corrected chi connectivity index (χ2v) is 13.5. The summed E-state index contributed by atoms with van der Waals surface area (Å²) in [5.74, 6) is -1.67. The third-order valence-electron chi connectivity index (χ3n) is 5.43. The smallest absolute Gasteiger partial charge is 0.243 e. The van der Waals surface area contributed by atoms with Crippen LogP contribution in [-0.4, -0.2) is 69.4 Å². The van der Waals surface area contributed by atoms with Gasteiger partial charge in [-0.05, 0) is 30.0 Å². The predicted octanol–water partition coefficient (Wildman–Crippen LogP) is 2.10. The number of carbonyl (C=O) groups is 1. The number of sulfonamides is 1. The van der Waals surface area contributed by atoms with Crippen molar-refractivity contribution in [2.75, 3.05) is 25.1 Å². The van der Waals surface area contributed by atoms with Gasteiger partial charge in [0.25, 0.3) is 0 Å². The highest BCUT2D eigenvalue weighted by atomic mass is 32.2. The Labute approximate surface area is 209 Å². The molecule has 8 nitrogen and oxygen atoms in total. The average molecular weight is 525 g/mol. The maximum absolute atomic E-state index is 13.3. The highest BCUT2D eigenvalue weighted by Gasteiger charge is 2.32. The van der Waals surface area contributed by atoms with E-state index in [4.69, 9.17) is 0 Å². The fraction of sp³-hybridized carbons (Fsp3) is 0.480. The number of nitrogens with one attached hydrogen (secondary N) is 1. The van der Waals surface area contributed by atoms with Crippen LogP contribution in [-0.2, 0) is 31.1 Å². The van der Waals surface area contributed by atoms with Crippen molar-refractivity contribution in [2.45, 2.75) is 44.2 Å². The zero-order valence-electron chi connectivity index (χ0n) is 20.7. The zero-order valence-corrected chi connectivity index (χ0v) is 22.3. The molecule has 0 aliphatic carbocycles. The fourth-order valence-corrected chi connectivity index (χ4v) is 6.46. The molecule has 194 valence electrons. The van der Waals surface area contributed by atoms with Gasteiger partial charge >= 0.3 is 0 Å². The molecule has 2 N–H and O–H groups in total. The molecule has 2 aromatic rings. The van der Waals surface area contributed by atoms with Gasteiger partial charge in [0.2, 0.25) is 15.9 Å². The molecular formula is C25H36N2O6S2. The van der Waals surface area contributed by atoms with E-state index >= 15 is 0 Å². The molecule has 10 heteroatoms. The molecule has 0 saturated carbocycles. The van der Waals surface area contributed by atoms with Gasteiger partial charge in [-0.25, -0.2) is 16.8 Å². The number of rotatable bonds is 13. The molecule has 2 rings (SSSR count). The Morgan fingerprint density at radius 3 is 1.97 bits per heavy atom. The van der Waals surface area contributed by atoms with E-state index in [0.717, 1.165) is 11.8 Å². The number of nitrogens with zero attached hydrogens (tertiary/aromatic N) is 1. The van der Waals surface area contributed by atoms with Gasteiger partial charge in [-0.2, -0.15) is 4.31 Å². The lowest BCUT2D eigenvalue weighted by molar-refractivity contribution is -0.125. The second-order valence-electron chi connectivity index (χ2n) is 9.39. The first kappa shape index (κ1) is 29.0. The SMILES string of the molecule is CC(C)CN(C[C@@H](O)[C@H](Cc1ccccc1)NC(=O)C(C)CS(C)(=O)=O)S(=O)(=O)c1ccccc1. The molecule has 0 aliphatic rings. The molecular weight excluding hydrogens is 488 g/mol. The highest BCUT2D eigenvalue weighted by Crippen LogP contribution is 2.19. The summed E-state index contributed by atoms with van der Waals surface area (Å²) in [6.45, 7) is 5.23. The minimum atomic E-state index is -3.89. The molecule has 0 fully saturated rings. The minimum Gasteiger partial charge on any atom is -0.390 e. The molecule has 0 saturated heterocycles. The van der Waals surface area contributed by atoms with Crippen molar-refractivity contribution in [1.29, 1.82) is 0 Å². The standard InChI is InChI=1S/C25H36N2O6S2/c1-19(2)16-27(35(32,33)22-13-9-6-10-14-22)17-24(28)23(15-21-11-7-5-8-12-21)26-25(29)20(3)18-34(4,30)31/h5-14,19-20,23-24,28H,15-18H2,1-4H3,(H,26,29)/t20?,23-,24+/m0/s1. The zero-order chi connectivity index (χ0) is 26.2. The Morgan fingerprint density at radius 2 is 1.46 bits per heavy atom. The van der Waals surface area contributed by atoms with Crippen LogP contribution in [0.25, 0.3) is 0 Å². The lowest BCUT2D eigenvalue weighted by Gasteiger charge is -2.31. The minimum absolute atomic E-state index is 0.00219. The molecule has 3 atom stereocenters. The average Bonchev–Trinajstić information content (AvgIpc) is 2.78. The van der Waals surface area contributed by atoms with Gasteiger partial charge in [-0.15, -0.1) is 0 Å². The van der Waals surface area contributed by atoms with Crippen molar-refractivity contribution in [3.8, 4) is 0 Å². The number of aliphatic hydroxyl groups is 1. The van der Waals surface area contributed by atoms with E-state index in [-0.39, 0.29) is 36.1 Å². The van der Waals surface area contributed by atoms with Crippen molar-refractivity contribution in [1.82, 2.24) is 9.62 Å². The van der Waals surface area contributed by atoms with Crippen molar-refractivity contribution < 1.29 is 26.7 Å². The first-order valence-corrected chi connectivity index (χ1v) is 15.0. The third-order valence-corrected chi connectivity index (χ3v) is 8.38. The van der Waals surface area contributed by atoms with Gasteiger partial charge in [-0.3, -0.25) is 4.79 Å². The van der Waals surface area contributed by atoms with Crippen LogP contribution in [0.5, 0.6) is 0 Å². The van der Waals surface area contributed by atoms with Crippen LogP contribution in [0.4, 0.5) is 0 Å². The van der Waals surface area contributed by atoms with E-state index in [9.17, 15) is 26.7 Å². The van der Waals surface area contributed by atoms with Gasteiger partial charge in [0.15, 0.2) is 0 Å². The van der Waals surface area contributed by atoms with Crippen LogP contribution in [0.1, 0.15) is 26.3 Å². The fourth-order valence-electron chi connectivity index (χ4n) is 3.76. The topological polar surface area (TPSA) is 121 Å². The Hall–Kier alpha value is -2.27. The molecule has 0 radical (unpaired) electrons. The number of sulfone groups is 1. The number of hydrogen-bond donors (Lipinski definition) is 2. The quantitative estimate of drug-likeness (QED) is 0.414.